The standard InChI is InChI=1S/C21H25N5O2/c1-26(2)16-7-5-14(6-8-16)17-10-13(11-18(27-3)19(17)28-4)9-15-12-24-21(23)25-20(15)22/h5-8,10-12H,9H2,1-4H3,(H4,22,23,24,25). The zero-order valence-corrected chi connectivity index (χ0v) is 16.6. The van der Waals surface area contributed by atoms with Gasteiger partial charge in [0.1, 0.15) is 5.82 Å². The summed E-state index contributed by atoms with van der Waals surface area (Å²) in [6.45, 7) is 0. The van der Waals surface area contributed by atoms with Gasteiger partial charge >= 0.3 is 0 Å². The number of nitrogen functional groups attached to an aromatic ring is 2. The maximum absolute atomic E-state index is 6.00. The smallest absolute Gasteiger partial charge is 0.221 e. The number of nitrogens with zero attached hydrogens (tertiary/aromatic N) is 3. The molecule has 0 aliphatic carbocycles. The van der Waals surface area contributed by atoms with Gasteiger partial charge in [-0.2, -0.15) is 4.98 Å². The van der Waals surface area contributed by atoms with Gasteiger partial charge in [0.2, 0.25) is 5.95 Å². The van der Waals surface area contributed by atoms with Crippen molar-refractivity contribution in [3.8, 4) is 22.6 Å². The Kier molecular flexibility index (Phi) is 5.54. The van der Waals surface area contributed by atoms with Crippen LogP contribution in [-0.2, 0) is 6.42 Å². The molecule has 0 amide bonds. The normalized spacial score (nSPS) is 10.6. The highest BCUT2D eigenvalue weighted by molar-refractivity contribution is 5.76. The Bertz CT molecular complexity index is 971. The Morgan fingerprint density at radius 3 is 2.29 bits per heavy atom. The molecule has 0 atom stereocenters. The first-order valence-electron chi connectivity index (χ1n) is 8.82. The van der Waals surface area contributed by atoms with Crippen molar-refractivity contribution < 1.29 is 9.47 Å². The Balaban J connectivity index is 2.06. The molecule has 0 fully saturated rings. The molecule has 0 aliphatic rings. The first-order valence-corrected chi connectivity index (χ1v) is 8.82. The Morgan fingerprint density at radius 2 is 1.71 bits per heavy atom. The fourth-order valence-corrected chi connectivity index (χ4v) is 3.07. The lowest BCUT2D eigenvalue weighted by molar-refractivity contribution is 0.356. The van der Waals surface area contributed by atoms with Gasteiger partial charge in [0.05, 0.1) is 14.2 Å². The second kappa shape index (κ2) is 8.04. The van der Waals surface area contributed by atoms with Crippen molar-refractivity contribution in [2.45, 2.75) is 6.42 Å². The number of hydrogen-bond donors (Lipinski definition) is 2. The van der Waals surface area contributed by atoms with Crippen molar-refractivity contribution >= 4 is 17.5 Å². The van der Waals surface area contributed by atoms with E-state index in [2.05, 4.69) is 45.2 Å². The van der Waals surface area contributed by atoms with E-state index in [0.29, 0.717) is 23.7 Å². The van der Waals surface area contributed by atoms with E-state index in [9.17, 15) is 0 Å². The van der Waals surface area contributed by atoms with Crippen molar-refractivity contribution in [3.63, 3.8) is 0 Å². The van der Waals surface area contributed by atoms with Crippen LogP contribution in [0.1, 0.15) is 11.1 Å². The summed E-state index contributed by atoms with van der Waals surface area (Å²) in [6.07, 6.45) is 2.20. The van der Waals surface area contributed by atoms with Gasteiger partial charge in [-0.3, -0.25) is 0 Å². The molecule has 7 heteroatoms. The van der Waals surface area contributed by atoms with Crippen LogP contribution in [0.5, 0.6) is 11.5 Å². The van der Waals surface area contributed by atoms with Crippen LogP contribution in [0.25, 0.3) is 11.1 Å². The maximum Gasteiger partial charge on any atom is 0.221 e. The third kappa shape index (κ3) is 3.93. The largest absolute Gasteiger partial charge is 0.493 e. The van der Waals surface area contributed by atoms with Gasteiger partial charge < -0.3 is 25.8 Å². The summed E-state index contributed by atoms with van der Waals surface area (Å²) >= 11 is 0. The van der Waals surface area contributed by atoms with E-state index in [1.165, 1.54) is 0 Å². The van der Waals surface area contributed by atoms with E-state index in [-0.39, 0.29) is 5.95 Å². The average molecular weight is 379 g/mol. The lowest BCUT2D eigenvalue weighted by atomic mass is 9.97. The summed E-state index contributed by atoms with van der Waals surface area (Å²) in [4.78, 5) is 10.1. The monoisotopic (exact) mass is 379 g/mol. The van der Waals surface area contributed by atoms with Crippen LogP contribution in [0.15, 0.2) is 42.6 Å². The zero-order chi connectivity index (χ0) is 20.3. The fraction of sp³-hybridized carbons (Fsp3) is 0.238. The fourth-order valence-electron chi connectivity index (χ4n) is 3.07. The van der Waals surface area contributed by atoms with Gasteiger partial charge in [0.25, 0.3) is 0 Å². The van der Waals surface area contributed by atoms with Crippen LogP contribution in [0.3, 0.4) is 0 Å². The summed E-state index contributed by atoms with van der Waals surface area (Å²) in [6, 6.07) is 12.3. The topological polar surface area (TPSA) is 99.5 Å². The number of rotatable bonds is 6. The van der Waals surface area contributed by atoms with Gasteiger partial charge in [0, 0.05) is 43.5 Å². The summed E-state index contributed by atoms with van der Waals surface area (Å²) in [5, 5.41) is 0. The SMILES string of the molecule is COc1cc(Cc2cnc(N)nc2N)cc(-c2ccc(N(C)C)cc2)c1OC. The lowest BCUT2D eigenvalue weighted by Gasteiger charge is -2.17. The highest BCUT2D eigenvalue weighted by atomic mass is 16.5. The van der Waals surface area contributed by atoms with Crippen molar-refractivity contribution in [2.75, 3.05) is 44.7 Å². The van der Waals surface area contributed by atoms with E-state index >= 15 is 0 Å². The Morgan fingerprint density at radius 1 is 1.00 bits per heavy atom. The van der Waals surface area contributed by atoms with Crippen LogP contribution in [0.2, 0.25) is 0 Å². The molecule has 28 heavy (non-hydrogen) atoms. The van der Waals surface area contributed by atoms with Crippen molar-refractivity contribution in [1.82, 2.24) is 9.97 Å². The van der Waals surface area contributed by atoms with Crippen molar-refractivity contribution in [2.24, 2.45) is 0 Å². The number of anilines is 3. The van der Waals surface area contributed by atoms with Gasteiger partial charge in [-0.25, -0.2) is 4.98 Å². The van der Waals surface area contributed by atoms with Gasteiger partial charge in [-0.15, -0.1) is 0 Å². The number of ether oxygens (including phenoxy) is 2. The van der Waals surface area contributed by atoms with Gasteiger partial charge in [0.15, 0.2) is 11.5 Å². The molecule has 0 radical (unpaired) electrons. The third-order valence-corrected chi connectivity index (χ3v) is 4.54. The first kappa shape index (κ1) is 19.3. The molecule has 3 rings (SSSR count). The second-order valence-electron chi connectivity index (χ2n) is 6.64. The summed E-state index contributed by atoms with van der Waals surface area (Å²) in [7, 11) is 7.29. The number of hydrogen-bond acceptors (Lipinski definition) is 7. The molecule has 0 saturated heterocycles. The minimum absolute atomic E-state index is 0.162. The molecular weight excluding hydrogens is 354 g/mol. The zero-order valence-electron chi connectivity index (χ0n) is 16.6. The van der Waals surface area contributed by atoms with E-state index < -0.39 is 0 Å². The van der Waals surface area contributed by atoms with Gasteiger partial charge in [-0.1, -0.05) is 12.1 Å². The third-order valence-electron chi connectivity index (χ3n) is 4.54. The molecule has 0 spiro atoms. The Labute approximate surface area is 164 Å². The molecule has 0 aliphatic heterocycles. The Hall–Kier alpha value is -3.48. The van der Waals surface area contributed by atoms with E-state index in [1.54, 1.807) is 20.4 Å². The van der Waals surface area contributed by atoms with Gasteiger partial charge in [-0.05, 0) is 35.4 Å². The number of nitrogens with two attached hydrogens (primary N) is 2. The average Bonchev–Trinajstić information content (AvgIpc) is 2.69. The second-order valence-corrected chi connectivity index (χ2v) is 6.64. The summed E-state index contributed by atoms with van der Waals surface area (Å²) in [5.74, 6) is 1.88. The molecule has 1 aromatic heterocycles. The summed E-state index contributed by atoms with van der Waals surface area (Å²) < 4.78 is 11.2. The van der Waals surface area contributed by atoms with E-state index in [1.807, 2.05) is 20.2 Å². The predicted octanol–water partition coefficient (Wildman–Crippen LogP) is 2.98. The van der Waals surface area contributed by atoms with E-state index in [0.717, 1.165) is 27.9 Å². The number of benzene rings is 2. The highest BCUT2D eigenvalue weighted by Crippen LogP contribution is 2.40. The highest BCUT2D eigenvalue weighted by Gasteiger charge is 2.16. The van der Waals surface area contributed by atoms with Crippen LogP contribution in [0, 0.1) is 0 Å². The molecule has 0 bridgehead atoms. The van der Waals surface area contributed by atoms with E-state index in [4.69, 9.17) is 20.9 Å². The summed E-state index contributed by atoms with van der Waals surface area (Å²) in [5.41, 5.74) is 16.5. The van der Waals surface area contributed by atoms with Crippen LogP contribution in [0.4, 0.5) is 17.5 Å². The minimum atomic E-state index is 0.162. The molecular formula is C21H25N5O2. The molecule has 3 aromatic rings. The van der Waals surface area contributed by atoms with Crippen molar-refractivity contribution in [1.29, 1.82) is 0 Å². The number of aromatic nitrogens is 2. The van der Waals surface area contributed by atoms with Crippen LogP contribution < -0.4 is 25.8 Å². The molecule has 7 nitrogen and oxygen atoms in total. The molecule has 1 heterocycles. The molecule has 0 unspecified atom stereocenters. The lowest BCUT2D eigenvalue weighted by Crippen LogP contribution is -2.08. The van der Waals surface area contributed by atoms with Crippen LogP contribution >= 0.6 is 0 Å². The molecule has 0 saturated carbocycles. The van der Waals surface area contributed by atoms with Crippen LogP contribution in [-0.4, -0.2) is 38.3 Å². The number of methoxy groups -OCH3 is 2. The first-order chi connectivity index (χ1) is 13.4. The quantitative estimate of drug-likeness (QED) is 0.679. The molecule has 4 N–H and O–H groups in total. The maximum atomic E-state index is 6.00. The predicted molar refractivity (Wildman–Crippen MR) is 113 cm³/mol. The molecule has 2 aromatic carbocycles. The molecule has 146 valence electrons. The van der Waals surface area contributed by atoms with Crippen molar-refractivity contribution in [3.05, 3.63) is 53.7 Å². The minimum Gasteiger partial charge on any atom is -0.493 e.